The van der Waals surface area contributed by atoms with Crippen LogP contribution in [0.15, 0.2) is 36.7 Å². The van der Waals surface area contributed by atoms with E-state index in [9.17, 15) is 19.2 Å². The molecule has 1 N–H and O–H groups in total. The molecule has 0 atom stereocenters. The average molecular weight is 426 g/mol. The zero-order chi connectivity index (χ0) is 22.5. The molecule has 0 bridgehead atoms. The van der Waals surface area contributed by atoms with Gasteiger partial charge in [-0.15, -0.1) is 0 Å². The van der Waals surface area contributed by atoms with E-state index in [4.69, 9.17) is 4.74 Å². The maximum Gasteiger partial charge on any atom is 0.344 e. The number of aryl methyl sites for hydroxylation is 1. The number of nitrogens with zero attached hydrogens (tertiary/aromatic N) is 3. The van der Waals surface area contributed by atoms with Gasteiger partial charge in [-0.25, -0.2) is 23.9 Å². The highest BCUT2D eigenvalue weighted by Gasteiger charge is 2.21. The van der Waals surface area contributed by atoms with Crippen LogP contribution < -0.4 is 5.32 Å². The predicted octanol–water partition coefficient (Wildman–Crippen LogP) is 1.41. The number of benzene rings is 1. The number of hydrogen-bond donors (Lipinski definition) is 1. The van der Waals surface area contributed by atoms with Gasteiger partial charge in [0.25, 0.3) is 5.91 Å². The maximum atomic E-state index is 12.4. The second-order valence-corrected chi connectivity index (χ2v) is 6.25. The molecule has 0 aliphatic carbocycles. The predicted molar refractivity (Wildman–Crippen MR) is 106 cm³/mol. The lowest BCUT2D eigenvalue weighted by Crippen LogP contribution is -2.21. The largest absolute Gasteiger partial charge is 0.465 e. The van der Waals surface area contributed by atoms with Crippen molar-refractivity contribution in [1.29, 1.82) is 0 Å². The third-order valence-electron chi connectivity index (χ3n) is 4.17. The third kappa shape index (κ3) is 4.66. The molecular weight excluding hydrogens is 408 g/mol. The van der Waals surface area contributed by atoms with Crippen molar-refractivity contribution in [3.63, 3.8) is 0 Å². The van der Waals surface area contributed by atoms with E-state index in [-0.39, 0.29) is 22.4 Å². The number of esters is 3. The molecule has 1 amide bonds. The Labute approximate surface area is 175 Å². The fraction of sp³-hybridized carbons (Fsp3) is 0.200. The van der Waals surface area contributed by atoms with Gasteiger partial charge in [0.2, 0.25) is 0 Å². The summed E-state index contributed by atoms with van der Waals surface area (Å²) in [4.78, 5) is 52.5. The molecule has 11 heteroatoms. The number of rotatable bonds is 6. The number of aromatic nitrogens is 3. The Kier molecular flexibility index (Phi) is 6.24. The number of anilines is 1. The van der Waals surface area contributed by atoms with Gasteiger partial charge in [0.05, 0.1) is 31.0 Å². The lowest BCUT2D eigenvalue weighted by molar-refractivity contribution is -0.119. The molecule has 0 fully saturated rings. The van der Waals surface area contributed by atoms with Crippen LogP contribution in [0.2, 0.25) is 0 Å². The van der Waals surface area contributed by atoms with Gasteiger partial charge in [-0.3, -0.25) is 4.79 Å². The van der Waals surface area contributed by atoms with Crippen molar-refractivity contribution in [1.82, 2.24) is 14.6 Å². The monoisotopic (exact) mass is 426 g/mol. The zero-order valence-electron chi connectivity index (χ0n) is 16.9. The average Bonchev–Trinajstić information content (AvgIpc) is 3.11. The standard InChI is InChI=1S/C20H18N4O7/c1-11-16(17-21-5-4-6-24(17)23-11)20(28)31-10-15(25)22-14-8-12(18(26)29-2)7-13(9-14)19(27)30-3/h4-9H,10H2,1-3H3,(H,22,25). The van der Waals surface area contributed by atoms with E-state index in [1.54, 1.807) is 19.2 Å². The Hall–Kier alpha value is -4.28. The first-order valence-electron chi connectivity index (χ1n) is 8.92. The van der Waals surface area contributed by atoms with Gasteiger partial charge in [0.1, 0.15) is 5.56 Å². The van der Waals surface area contributed by atoms with Crippen LogP contribution in [0.1, 0.15) is 36.8 Å². The van der Waals surface area contributed by atoms with E-state index >= 15 is 0 Å². The lowest BCUT2D eigenvalue weighted by atomic mass is 10.1. The van der Waals surface area contributed by atoms with Gasteiger partial charge in [-0.2, -0.15) is 5.10 Å². The zero-order valence-corrected chi connectivity index (χ0v) is 16.9. The van der Waals surface area contributed by atoms with Gasteiger partial charge < -0.3 is 19.5 Å². The molecule has 0 saturated carbocycles. The van der Waals surface area contributed by atoms with Crippen molar-refractivity contribution in [3.8, 4) is 0 Å². The topological polar surface area (TPSA) is 138 Å². The number of carbonyl (C=O) groups excluding carboxylic acids is 4. The van der Waals surface area contributed by atoms with E-state index < -0.39 is 30.4 Å². The van der Waals surface area contributed by atoms with Gasteiger partial charge in [0, 0.05) is 18.1 Å². The summed E-state index contributed by atoms with van der Waals surface area (Å²) < 4.78 is 15.8. The molecule has 3 aromatic rings. The Balaban J connectivity index is 1.73. The van der Waals surface area contributed by atoms with Crippen molar-refractivity contribution in [2.75, 3.05) is 26.1 Å². The first-order chi connectivity index (χ1) is 14.8. The van der Waals surface area contributed by atoms with E-state index in [1.807, 2.05) is 0 Å². The van der Waals surface area contributed by atoms with Gasteiger partial charge in [-0.05, 0) is 31.2 Å². The second kappa shape index (κ2) is 9.03. The normalized spacial score (nSPS) is 10.4. The first kappa shape index (κ1) is 21.4. The highest BCUT2D eigenvalue weighted by Crippen LogP contribution is 2.18. The number of hydrogen-bond acceptors (Lipinski definition) is 9. The second-order valence-electron chi connectivity index (χ2n) is 6.25. The fourth-order valence-corrected chi connectivity index (χ4v) is 2.81. The molecule has 11 nitrogen and oxygen atoms in total. The van der Waals surface area contributed by atoms with Crippen LogP contribution in [0.5, 0.6) is 0 Å². The van der Waals surface area contributed by atoms with Crippen LogP contribution in [0, 0.1) is 6.92 Å². The molecule has 0 aliphatic rings. The van der Waals surface area contributed by atoms with Crippen LogP contribution in [0.3, 0.4) is 0 Å². The lowest BCUT2D eigenvalue weighted by Gasteiger charge is -2.10. The molecule has 0 radical (unpaired) electrons. The van der Waals surface area contributed by atoms with Gasteiger partial charge >= 0.3 is 17.9 Å². The maximum absolute atomic E-state index is 12.4. The summed E-state index contributed by atoms with van der Waals surface area (Å²) in [6.07, 6.45) is 3.14. The van der Waals surface area contributed by atoms with E-state index in [1.165, 1.54) is 43.1 Å². The number of nitrogens with one attached hydrogen (secondary N) is 1. The molecule has 0 aliphatic heterocycles. The molecule has 0 saturated heterocycles. The molecule has 0 unspecified atom stereocenters. The van der Waals surface area contributed by atoms with Crippen LogP contribution in [0.25, 0.3) is 5.65 Å². The molecule has 2 heterocycles. The minimum absolute atomic E-state index is 0.0331. The molecule has 1 aromatic carbocycles. The fourth-order valence-electron chi connectivity index (χ4n) is 2.81. The van der Waals surface area contributed by atoms with E-state index in [0.717, 1.165) is 0 Å². The minimum Gasteiger partial charge on any atom is -0.465 e. The van der Waals surface area contributed by atoms with Crippen LogP contribution >= 0.6 is 0 Å². The van der Waals surface area contributed by atoms with E-state index in [0.29, 0.717) is 11.3 Å². The molecule has 2 aromatic heterocycles. The summed E-state index contributed by atoms with van der Waals surface area (Å²) in [5.41, 5.74) is 1.04. The van der Waals surface area contributed by atoms with Crippen molar-refractivity contribution in [3.05, 3.63) is 59.0 Å². The number of carbonyl (C=O) groups is 4. The summed E-state index contributed by atoms with van der Waals surface area (Å²) in [6.45, 7) is 1.01. The SMILES string of the molecule is COC(=O)c1cc(NC(=O)COC(=O)c2c(C)nn3cccnc23)cc(C(=O)OC)c1. The summed E-state index contributed by atoms with van der Waals surface area (Å²) in [5.74, 6) is -2.86. The van der Waals surface area contributed by atoms with E-state index in [2.05, 4.69) is 24.9 Å². The number of ether oxygens (including phenoxy) is 3. The summed E-state index contributed by atoms with van der Waals surface area (Å²) >= 11 is 0. The Bertz CT molecular complexity index is 1150. The van der Waals surface area contributed by atoms with Gasteiger partial charge in [0.15, 0.2) is 12.3 Å². The number of fused-ring (bicyclic) bond motifs is 1. The first-order valence-corrected chi connectivity index (χ1v) is 8.92. The Morgan fingerprint density at radius 3 is 2.26 bits per heavy atom. The van der Waals surface area contributed by atoms with Crippen molar-refractivity contribution < 1.29 is 33.4 Å². The number of amides is 1. The van der Waals surface area contributed by atoms with Crippen molar-refractivity contribution in [2.45, 2.75) is 6.92 Å². The number of methoxy groups -OCH3 is 2. The van der Waals surface area contributed by atoms with Crippen molar-refractivity contribution >= 4 is 35.1 Å². The molecule has 3 rings (SSSR count). The summed E-state index contributed by atoms with van der Waals surface area (Å²) in [5, 5.41) is 6.63. The molecule has 160 valence electrons. The highest BCUT2D eigenvalue weighted by molar-refractivity contribution is 6.01. The van der Waals surface area contributed by atoms with Crippen LogP contribution in [0.4, 0.5) is 5.69 Å². The van der Waals surface area contributed by atoms with Gasteiger partial charge in [-0.1, -0.05) is 0 Å². The van der Waals surface area contributed by atoms with Crippen LogP contribution in [-0.2, 0) is 19.0 Å². The van der Waals surface area contributed by atoms with Crippen LogP contribution in [-0.4, -0.2) is 59.2 Å². The Morgan fingerprint density at radius 2 is 1.65 bits per heavy atom. The highest BCUT2D eigenvalue weighted by atomic mass is 16.5. The molecular formula is C20H18N4O7. The molecule has 0 spiro atoms. The molecule has 31 heavy (non-hydrogen) atoms. The quantitative estimate of drug-likeness (QED) is 0.458. The third-order valence-corrected chi connectivity index (χ3v) is 4.17. The van der Waals surface area contributed by atoms with Crippen molar-refractivity contribution in [2.24, 2.45) is 0 Å². The summed E-state index contributed by atoms with van der Waals surface area (Å²) in [6, 6.07) is 5.57. The summed E-state index contributed by atoms with van der Waals surface area (Å²) in [7, 11) is 2.37. The smallest absolute Gasteiger partial charge is 0.344 e. The Morgan fingerprint density at radius 1 is 1.00 bits per heavy atom. The minimum atomic E-state index is -0.764.